The number of hydrogen-bond acceptors (Lipinski definition) is 5. The Labute approximate surface area is 438 Å². The topological polar surface area (TPSA) is 40.6 Å². The Morgan fingerprint density at radius 1 is 0.458 bits per heavy atom. The van der Waals surface area contributed by atoms with Crippen LogP contribution in [0.4, 0.5) is 34.1 Å². The van der Waals surface area contributed by atoms with Crippen molar-refractivity contribution < 1.29 is 25.8 Å². The quantitative estimate of drug-likeness (QED) is 0.117. The van der Waals surface area contributed by atoms with Crippen LogP contribution >= 0.6 is 0 Å². The van der Waals surface area contributed by atoms with Gasteiger partial charge in [0.2, 0.25) is 0 Å². The average Bonchev–Trinajstić information content (AvgIpc) is 3.81. The number of ether oxygens (including phenoxy) is 1. The summed E-state index contributed by atoms with van der Waals surface area (Å²) in [6.07, 6.45) is 3.67. The normalized spacial score (nSPS) is 12.2. The molecule has 0 unspecified atom stereocenters. The van der Waals surface area contributed by atoms with Crippen molar-refractivity contribution in [2.75, 3.05) is 15.1 Å². The van der Waals surface area contributed by atoms with E-state index in [0.29, 0.717) is 11.5 Å². The summed E-state index contributed by atoms with van der Waals surface area (Å²) in [4.78, 5) is 8.96. The second-order valence-electron chi connectivity index (χ2n) is 19.1. The van der Waals surface area contributed by atoms with Crippen LogP contribution in [0.3, 0.4) is 0 Å². The van der Waals surface area contributed by atoms with Crippen LogP contribution in [0, 0.1) is 18.8 Å². The van der Waals surface area contributed by atoms with Crippen molar-refractivity contribution in [3.63, 3.8) is 0 Å². The molecule has 0 fully saturated rings. The second kappa shape index (κ2) is 20.4. The van der Waals surface area contributed by atoms with E-state index in [2.05, 4.69) is 249 Å². The molecule has 0 bridgehead atoms. The van der Waals surface area contributed by atoms with Crippen LogP contribution in [-0.4, -0.2) is 4.98 Å². The third kappa shape index (κ3) is 9.73. The molecule has 72 heavy (non-hydrogen) atoms. The van der Waals surface area contributed by atoms with Crippen molar-refractivity contribution in [2.45, 2.75) is 38.5 Å². The van der Waals surface area contributed by atoms with Crippen molar-refractivity contribution in [2.24, 2.45) is 0 Å². The number of nitrogens with one attached hydrogen (secondary N) is 1. The Kier molecular flexibility index (Phi) is 13.5. The van der Waals surface area contributed by atoms with Gasteiger partial charge in [0.25, 0.3) is 0 Å². The Bertz CT molecular complexity index is 3390. The van der Waals surface area contributed by atoms with Crippen LogP contribution in [0.1, 0.15) is 49.9 Å². The fourth-order valence-corrected chi connectivity index (χ4v) is 9.60. The zero-order chi connectivity index (χ0) is 48.4. The van der Waals surface area contributed by atoms with Gasteiger partial charge in [0.1, 0.15) is 0 Å². The number of rotatable bonds is 13. The molecule has 9 aromatic carbocycles. The maximum atomic E-state index is 6.79. The molecule has 1 N–H and O–H groups in total. The standard InChI is InChI=1S/C66H53N4O.Pt/c1-65(2,52-26-13-7-14-27-52)54-40-55(66(3,4)53-28-15-8-16-29-53)42-58(41-54)70-46-69(63-35-34-49(39-64(63)70)47-21-9-5-10-22-47)57-37-51(48-23-11-6-12-24-48)38-60(44-57)71-59-31-19-30-56(43-59)68-62-33-18-17-32-61(62)50-25-20-36-67-45-50;/h5-42,45-46,68H,1-4H3;/q-3;. The minimum absolute atomic E-state index is 0. The maximum Gasteiger partial charge on any atom is 0.0446 e. The van der Waals surface area contributed by atoms with Crippen LogP contribution in [0.5, 0.6) is 11.5 Å². The van der Waals surface area contributed by atoms with Gasteiger partial charge in [-0.3, -0.25) is 4.98 Å². The molecule has 0 radical (unpaired) electrons. The predicted molar refractivity (Wildman–Crippen MR) is 293 cm³/mol. The Morgan fingerprint density at radius 2 is 1.06 bits per heavy atom. The minimum Gasteiger partial charge on any atom is -0.509 e. The molecule has 0 saturated carbocycles. The Morgan fingerprint density at radius 3 is 1.69 bits per heavy atom. The summed E-state index contributed by atoms with van der Waals surface area (Å²) in [7, 11) is 0. The van der Waals surface area contributed by atoms with Crippen LogP contribution in [0.25, 0.3) is 33.4 Å². The van der Waals surface area contributed by atoms with Crippen LogP contribution in [0.15, 0.2) is 237 Å². The summed E-state index contributed by atoms with van der Waals surface area (Å²) < 4.78 is 6.79. The summed E-state index contributed by atoms with van der Waals surface area (Å²) in [6.45, 7) is 11.5. The molecular formula is C66H53N4OPt-3. The largest absolute Gasteiger partial charge is 0.509 e. The van der Waals surface area contributed by atoms with Gasteiger partial charge in [-0.05, 0) is 75.3 Å². The van der Waals surface area contributed by atoms with E-state index < -0.39 is 0 Å². The number of nitrogens with zero attached hydrogens (tertiary/aromatic N) is 3. The van der Waals surface area contributed by atoms with Crippen molar-refractivity contribution >= 4 is 34.1 Å². The fraction of sp³-hybridized carbons (Fsp3) is 0.0909. The van der Waals surface area contributed by atoms with Gasteiger partial charge in [-0.25, -0.2) is 0 Å². The van der Waals surface area contributed by atoms with Gasteiger partial charge in [0, 0.05) is 89.7 Å². The average molecular weight is 1110 g/mol. The monoisotopic (exact) mass is 1110 g/mol. The molecule has 1 aliphatic rings. The van der Waals surface area contributed by atoms with E-state index in [1.807, 2.05) is 48.7 Å². The summed E-state index contributed by atoms with van der Waals surface area (Å²) in [6, 6.07) is 86.3. The SMILES string of the molecule is CC(C)(c1ccccc1)c1cc(N2[CH-]N(c3[c-]c(Oc4[c-]c(Nc5ccccc5-c5cccnc5)ccc4)cc(-c4ccccc4)c3)c3ccc(-c4ccccc4)cc32)cc(C(C)(C)c2ccccc2)c1.[Pt]. The molecule has 1 aliphatic heterocycles. The minimum atomic E-state index is -0.302. The van der Waals surface area contributed by atoms with Gasteiger partial charge in [0.05, 0.1) is 0 Å². The summed E-state index contributed by atoms with van der Waals surface area (Å²) >= 11 is 0. The van der Waals surface area contributed by atoms with Gasteiger partial charge in [0.15, 0.2) is 0 Å². The van der Waals surface area contributed by atoms with E-state index in [9.17, 15) is 0 Å². The molecule has 5 nitrogen and oxygen atoms in total. The summed E-state index contributed by atoms with van der Waals surface area (Å²) in [5.41, 5.74) is 16.5. The molecule has 10 aromatic rings. The first kappa shape index (κ1) is 47.7. The Hall–Kier alpha value is -7.98. The zero-order valence-corrected chi connectivity index (χ0v) is 42.9. The molecular weight excluding hydrogens is 1060 g/mol. The van der Waals surface area contributed by atoms with E-state index in [1.54, 1.807) is 6.20 Å². The number of anilines is 6. The van der Waals surface area contributed by atoms with E-state index >= 15 is 0 Å². The molecule has 6 heteroatoms. The molecule has 2 heterocycles. The molecule has 1 aromatic heterocycles. The molecule has 0 spiro atoms. The number of para-hydroxylation sites is 1. The molecule has 0 saturated heterocycles. The van der Waals surface area contributed by atoms with Crippen molar-refractivity contribution in [1.29, 1.82) is 0 Å². The smallest absolute Gasteiger partial charge is 0.0446 e. The van der Waals surface area contributed by atoms with E-state index in [0.717, 1.165) is 67.5 Å². The molecule has 0 aliphatic carbocycles. The number of fused-ring (bicyclic) bond motifs is 1. The van der Waals surface area contributed by atoms with Gasteiger partial charge in [-0.2, -0.15) is 6.07 Å². The van der Waals surface area contributed by atoms with E-state index in [1.165, 1.54) is 22.3 Å². The molecule has 356 valence electrons. The second-order valence-corrected chi connectivity index (χ2v) is 19.1. The Balaban J connectivity index is 0.00000596. The zero-order valence-electron chi connectivity index (χ0n) is 40.7. The third-order valence-corrected chi connectivity index (χ3v) is 13.8. The van der Waals surface area contributed by atoms with Crippen LogP contribution < -0.4 is 19.9 Å². The first-order valence-corrected chi connectivity index (χ1v) is 24.2. The van der Waals surface area contributed by atoms with E-state index in [-0.39, 0.29) is 31.9 Å². The van der Waals surface area contributed by atoms with Crippen molar-refractivity contribution in [3.05, 3.63) is 278 Å². The summed E-state index contributed by atoms with van der Waals surface area (Å²) in [5.74, 6) is 1.13. The van der Waals surface area contributed by atoms with Gasteiger partial charge < -0.3 is 19.9 Å². The van der Waals surface area contributed by atoms with Gasteiger partial charge >= 0.3 is 0 Å². The summed E-state index contributed by atoms with van der Waals surface area (Å²) in [5, 5.41) is 3.59. The fourth-order valence-electron chi connectivity index (χ4n) is 9.60. The van der Waals surface area contributed by atoms with E-state index in [4.69, 9.17) is 4.74 Å². The number of hydrogen-bond donors (Lipinski definition) is 1. The molecule has 11 rings (SSSR count). The van der Waals surface area contributed by atoms with Crippen molar-refractivity contribution in [1.82, 2.24) is 4.98 Å². The van der Waals surface area contributed by atoms with Crippen molar-refractivity contribution in [3.8, 4) is 44.9 Å². The van der Waals surface area contributed by atoms with Crippen LogP contribution in [-0.2, 0) is 31.9 Å². The molecule has 0 atom stereocenters. The number of benzene rings is 9. The predicted octanol–water partition coefficient (Wildman–Crippen LogP) is 17.3. The maximum absolute atomic E-state index is 6.79. The van der Waals surface area contributed by atoms with Gasteiger partial charge in [-0.15, -0.1) is 54.3 Å². The first-order chi connectivity index (χ1) is 34.7. The number of aromatic nitrogens is 1. The first-order valence-electron chi connectivity index (χ1n) is 24.2. The number of pyridine rings is 1. The molecule has 0 amide bonds. The van der Waals surface area contributed by atoms with Crippen LogP contribution in [0.2, 0.25) is 0 Å². The van der Waals surface area contributed by atoms with Gasteiger partial charge in [-0.1, -0.05) is 191 Å². The third-order valence-electron chi connectivity index (χ3n) is 13.8.